The quantitative estimate of drug-likeness (QED) is 0.264. The Morgan fingerprint density at radius 2 is 1.16 bits per heavy atom. The van der Waals surface area contributed by atoms with E-state index in [1.807, 2.05) is 13.8 Å². The van der Waals surface area contributed by atoms with Crippen LogP contribution in [0, 0.1) is 0 Å². The Morgan fingerprint density at radius 3 is 1.59 bits per heavy atom. The molecule has 0 unspecified atom stereocenters. The topological polar surface area (TPSA) is 71.1 Å². The predicted molar refractivity (Wildman–Crippen MR) is 125 cm³/mol. The molecule has 0 aromatic heterocycles. The smallest absolute Gasteiger partial charge is 0.344 e. The monoisotopic (exact) mass is 478 g/mol. The van der Waals surface area contributed by atoms with Crippen molar-refractivity contribution in [1.29, 1.82) is 0 Å². The Bertz CT molecular complexity index is 1070. The fourth-order valence-corrected chi connectivity index (χ4v) is 3.76. The van der Waals surface area contributed by atoms with Gasteiger partial charge in [0, 0.05) is 21.5 Å². The Balaban J connectivity index is 2.11. The molecule has 0 radical (unpaired) electrons. The average molecular weight is 479 g/mol. The zero-order chi connectivity index (χ0) is 23.1. The summed E-state index contributed by atoms with van der Waals surface area (Å²) in [6.07, 6.45) is 1.43. The second-order valence-corrected chi connectivity index (χ2v) is 7.82. The van der Waals surface area contributed by atoms with Gasteiger partial charge in [0.05, 0.1) is 23.3 Å². The van der Waals surface area contributed by atoms with Gasteiger partial charge in [0.2, 0.25) is 0 Å². The van der Waals surface area contributed by atoms with Gasteiger partial charge in [-0.2, -0.15) is 0 Å². The zero-order valence-electron chi connectivity index (χ0n) is 17.9. The average Bonchev–Trinajstić information content (AvgIpc) is 2.78. The number of hydrogen-bond donors (Lipinski definition) is 0. The van der Waals surface area contributed by atoms with Gasteiger partial charge in [-0.3, -0.25) is 0 Å². The third-order valence-corrected chi connectivity index (χ3v) is 5.20. The summed E-state index contributed by atoms with van der Waals surface area (Å²) in [5.74, 6) is -0.197. The summed E-state index contributed by atoms with van der Waals surface area (Å²) in [6, 6.07) is 10.5. The molecule has 170 valence electrons. The molecule has 0 aliphatic heterocycles. The maximum atomic E-state index is 12.1. The van der Waals surface area contributed by atoms with E-state index in [1.54, 1.807) is 36.4 Å². The van der Waals surface area contributed by atoms with Crippen LogP contribution in [0.4, 0.5) is 0 Å². The van der Waals surface area contributed by atoms with Crippen molar-refractivity contribution in [2.24, 2.45) is 0 Å². The van der Waals surface area contributed by atoms with Gasteiger partial charge in [-0.15, -0.1) is 0 Å². The number of benzene rings is 3. The summed E-state index contributed by atoms with van der Waals surface area (Å²) in [5, 5.41) is 3.06. The third kappa shape index (κ3) is 5.37. The van der Waals surface area contributed by atoms with Crippen molar-refractivity contribution in [3.05, 3.63) is 46.4 Å². The second kappa shape index (κ2) is 11.2. The maximum absolute atomic E-state index is 12.1. The van der Waals surface area contributed by atoms with Crippen molar-refractivity contribution < 1.29 is 28.5 Å². The molecule has 3 rings (SSSR count). The van der Waals surface area contributed by atoms with Crippen LogP contribution in [-0.4, -0.2) is 38.4 Å². The van der Waals surface area contributed by atoms with E-state index in [0.717, 1.165) is 6.42 Å². The summed E-state index contributed by atoms with van der Waals surface area (Å²) in [7, 11) is 0. The number of carbonyl (C=O) groups excluding carboxylic acids is 2. The largest absolute Gasteiger partial charge is 0.481 e. The molecule has 6 nitrogen and oxygen atoms in total. The molecule has 8 heteroatoms. The summed E-state index contributed by atoms with van der Waals surface area (Å²) < 4.78 is 22.0. The van der Waals surface area contributed by atoms with E-state index in [9.17, 15) is 9.59 Å². The molecule has 0 aliphatic carbocycles. The molecular weight excluding hydrogens is 455 g/mol. The third-order valence-electron chi connectivity index (χ3n) is 4.57. The van der Waals surface area contributed by atoms with Crippen molar-refractivity contribution in [1.82, 2.24) is 0 Å². The van der Waals surface area contributed by atoms with Gasteiger partial charge < -0.3 is 18.9 Å². The fourth-order valence-electron chi connectivity index (χ4n) is 3.24. The van der Waals surface area contributed by atoms with E-state index < -0.39 is 11.9 Å². The van der Waals surface area contributed by atoms with Crippen LogP contribution in [-0.2, 0) is 19.1 Å². The van der Waals surface area contributed by atoms with Crippen LogP contribution >= 0.6 is 23.2 Å². The first-order chi connectivity index (χ1) is 15.5. The van der Waals surface area contributed by atoms with Crippen LogP contribution < -0.4 is 9.47 Å². The highest BCUT2D eigenvalue weighted by Gasteiger charge is 2.22. The summed E-state index contributed by atoms with van der Waals surface area (Å²) >= 11 is 13.1. The number of fused-ring (bicyclic) bond motifs is 2. The van der Waals surface area contributed by atoms with Gasteiger partial charge in [-0.25, -0.2) is 9.59 Å². The molecule has 0 atom stereocenters. The van der Waals surface area contributed by atoms with Gasteiger partial charge in [0.1, 0.15) is 11.5 Å². The first-order valence-electron chi connectivity index (χ1n) is 10.4. The van der Waals surface area contributed by atoms with Crippen LogP contribution in [0.15, 0.2) is 36.4 Å². The Hall–Kier alpha value is -2.70. The minimum atomic E-state index is -0.494. The molecule has 0 amide bonds. The van der Waals surface area contributed by atoms with E-state index in [0.29, 0.717) is 62.7 Å². The second-order valence-electron chi connectivity index (χ2n) is 7.00. The normalized spacial score (nSPS) is 10.9. The molecule has 0 heterocycles. The van der Waals surface area contributed by atoms with Crippen LogP contribution in [0.5, 0.6) is 11.5 Å². The number of carbonyl (C=O) groups is 2. The van der Waals surface area contributed by atoms with Crippen molar-refractivity contribution in [2.75, 3.05) is 26.4 Å². The Kier molecular flexibility index (Phi) is 8.42. The predicted octanol–water partition coefficient (Wildman–Crippen LogP) is 5.96. The van der Waals surface area contributed by atoms with E-state index in [4.69, 9.17) is 42.1 Å². The van der Waals surface area contributed by atoms with Crippen molar-refractivity contribution in [2.45, 2.75) is 26.7 Å². The fraction of sp³-hybridized carbons (Fsp3) is 0.333. The lowest BCUT2D eigenvalue weighted by atomic mass is 10.0. The summed E-state index contributed by atoms with van der Waals surface area (Å²) in [4.78, 5) is 24.1. The number of ether oxygens (including phenoxy) is 4. The first kappa shape index (κ1) is 24.0. The van der Waals surface area contributed by atoms with Crippen molar-refractivity contribution >= 4 is 56.7 Å². The summed E-state index contributed by atoms with van der Waals surface area (Å²) in [6.45, 7) is 3.88. The minimum Gasteiger partial charge on any atom is -0.481 e. The standard InChI is InChI=1S/C24H24Cl2O6/c1-3-11-29-19(27)13-31-23-15-7-5-9-17(25)21(15)24(32-14-20(28)30-12-4-2)22-16(23)8-6-10-18(22)26/h5-10H,3-4,11-14H2,1-2H3. The van der Waals surface area contributed by atoms with Gasteiger partial charge >= 0.3 is 11.9 Å². The van der Waals surface area contributed by atoms with Crippen molar-refractivity contribution in [3.8, 4) is 11.5 Å². The molecule has 0 bridgehead atoms. The molecule has 3 aromatic rings. The SMILES string of the molecule is CCCOC(=O)COc1c2cccc(Cl)c2c(OCC(=O)OCCC)c2c(Cl)cccc12. The molecular formula is C24H24Cl2O6. The highest BCUT2D eigenvalue weighted by molar-refractivity contribution is 6.40. The molecule has 0 aliphatic rings. The van der Waals surface area contributed by atoms with Crippen LogP contribution in [0.2, 0.25) is 10.0 Å². The van der Waals surface area contributed by atoms with E-state index in [1.165, 1.54) is 0 Å². The molecule has 32 heavy (non-hydrogen) atoms. The zero-order valence-corrected chi connectivity index (χ0v) is 19.4. The molecule has 0 spiro atoms. The Labute approximate surface area is 196 Å². The summed E-state index contributed by atoms with van der Waals surface area (Å²) in [5.41, 5.74) is 0. The van der Waals surface area contributed by atoms with Crippen LogP contribution in [0.3, 0.4) is 0 Å². The Morgan fingerprint density at radius 1 is 0.719 bits per heavy atom. The van der Waals surface area contributed by atoms with Crippen LogP contribution in [0.1, 0.15) is 26.7 Å². The highest BCUT2D eigenvalue weighted by Crippen LogP contribution is 2.47. The molecule has 0 saturated heterocycles. The molecule has 3 aromatic carbocycles. The number of halogens is 2. The van der Waals surface area contributed by atoms with Gasteiger partial charge in [0.25, 0.3) is 0 Å². The van der Waals surface area contributed by atoms with Crippen LogP contribution in [0.25, 0.3) is 21.5 Å². The van der Waals surface area contributed by atoms with E-state index in [-0.39, 0.29) is 13.2 Å². The van der Waals surface area contributed by atoms with Crippen molar-refractivity contribution in [3.63, 3.8) is 0 Å². The molecule has 0 N–H and O–H groups in total. The van der Waals surface area contributed by atoms with E-state index in [2.05, 4.69) is 0 Å². The maximum Gasteiger partial charge on any atom is 0.344 e. The van der Waals surface area contributed by atoms with E-state index >= 15 is 0 Å². The van der Waals surface area contributed by atoms with Gasteiger partial charge in [-0.1, -0.05) is 61.3 Å². The number of esters is 2. The molecule has 0 fully saturated rings. The minimum absolute atomic E-state index is 0.271. The van der Waals surface area contributed by atoms with Gasteiger partial charge in [-0.05, 0) is 25.0 Å². The van der Waals surface area contributed by atoms with Gasteiger partial charge in [0.15, 0.2) is 13.2 Å². The lowest BCUT2D eigenvalue weighted by Gasteiger charge is -2.19. The first-order valence-corrected chi connectivity index (χ1v) is 11.1. The molecule has 0 saturated carbocycles. The number of hydrogen-bond acceptors (Lipinski definition) is 6. The lowest BCUT2D eigenvalue weighted by molar-refractivity contribution is -0.146. The lowest BCUT2D eigenvalue weighted by Crippen LogP contribution is -2.16. The highest BCUT2D eigenvalue weighted by atomic mass is 35.5. The number of rotatable bonds is 10.